The normalized spacial score (nSPS) is 10.6. The molecule has 0 atom stereocenters. The van der Waals surface area contributed by atoms with Crippen LogP contribution in [0.3, 0.4) is 0 Å². The quantitative estimate of drug-likeness (QED) is 0.771. The van der Waals surface area contributed by atoms with Crippen LogP contribution in [0.5, 0.6) is 11.5 Å². The molecule has 1 aromatic heterocycles. The fourth-order valence-corrected chi connectivity index (χ4v) is 2.47. The number of aromatic amines is 1. The molecular formula is C18H18N2O3. The number of amides is 1. The highest BCUT2D eigenvalue weighted by atomic mass is 16.5. The molecular weight excluding hydrogens is 292 g/mol. The van der Waals surface area contributed by atoms with Crippen LogP contribution >= 0.6 is 0 Å². The summed E-state index contributed by atoms with van der Waals surface area (Å²) in [6, 6.07) is 13.1. The number of carbonyl (C=O) groups excluding carboxylic acids is 1. The predicted molar refractivity (Wildman–Crippen MR) is 90.5 cm³/mol. The Morgan fingerprint density at radius 2 is 1.87 bits per heavy atom. The van der Waals surface area contributed by atoms with Gasteiger partial charge in [-0.3, -0.25) is 4.79 Å². The minimum Gasteiger partial charge on any atom is -0.497 e. The second-order valence-electron chi connectivity index (χ2n) is 5.29. The molecule has 3 aromatic rings. The molecule has 0 bridgehead atoms. The third-order valence-corrected chi connectivity index (χ3v) is 3.68. The molecule has 0 unspecified atom stereocenters. The van der Waals surface area contributed by atoms with Crippen molar-refractivity contribution in [2.45, 2.75) is 6.92 Å². The summed E-state index contributed by atoms with van der Waals surface area (Å²) in [6.45, 7) is 2.02. The van der Waals surface area contributed by atoms with E-state index >= 15 is 0 Å². The summed E-state index contributed by atoms with van der Waals surface area (Å²) in [5.74, 6) is 0.993. The molecule has 5 nitrogen and oxygen atoms in total. The zero-order chi connectivity index (χ0) is 16.4. The number of benzene rings is 2. The number of ether oxygens (including phenoxy) is 2. The Hall–Kier alpha value is -2.95. The number of nitrogens with one attached hydrogen (secondary N) is 2. The second-order valence-corrected chi connectivity index (χ2v) is 5.29. The van der Waals surface area contributed by atoms with Crippen molar-refractivity contribution in [3.63, 3.8) is 0 Å². The van der Waals surface area contributed by atoms with Crippen LogP contribution in [0.4, 0.5) is 5.69 Å². The van der Waals surface area contributed by atoms with Crippen LogP contribution in [-0.4, -0.2) is 25.1 Å². The van der Waals surface area contributed by atoms with Crippen molar-refractivity contribution in [2.75, 3.05) is 19.5 Å². The van der Waals surface area contributed by atoms with E-state index in [4.69, 9.17) is 9.47 Å². The van der Waals surface area contributed by atoms with Crippen LogP contribution in [0.1, 0.15) is 16.1 Å². The smallest absolute Gasteiger partial charge is 0.272 e. The monoisotopic (exact) mass is 310 g/mol. The number of aryl methyl sites for hydroxylation is 1. The van der Waals surface area contributed by atoms with Crippen molar-refractivity contribution in [3.8, 4) is 11.5 Å². The summed E-state index contributed by atoms with van der Waals surface area (Å²) in [5, 5.41) is 3.86. The molecule has 1 amide bonds. The summed E-state index contributed by atoms with van der Waals surface area (Å²) in [6.07, 6.45) is 0. The average molecular weight is 310 g/mol. The Bertz CT molecular complexity index is 868. The summed E-state index contributed by atoms with van der Waals surface area (Å²) >= 11 is 0. The van der Waals surface area contributed by atoms with Gasteiger partial charge in [0, 0.05) is 17.0 Å². The molecule has 0 aliphatic rings. The maximum Gasteiger partial charge on any atom is 0.272 e. The molecule has 2 aromatic carbocycles. The molecule has 118 valence electrons. The van der Waals surface area contributed by atoms with E-state index in [-0.39, 0.29) is 5.91 Å². The predicted octanol–water partition coefficient (Wildman–Crippen LogP) is 3.75. The SMILES string of the molecule is COc1ccc(NC(=O)c2cc3cc(C)ccc3[nH]2)c(OC)c1. The van der Waals surface area contributed by atoms with Crippen molar-refractivity contribution in [3.05, 3.63) is 53.7 Å². The first-order chi connectivity index (χ1) is 11.1. The Morgan fingerprint density at radius 1 is 1.04 bits per heavy atom. The first kappa shape index (κ1) is 15.0. The van der Waals surface area contributed by atoms with Gasteiger partial charge < -0.3 is 19.8 Å². The first-order valence-corrected chi connectivity index (χ1v) is 7.23. The number of rotatable bonds is 4. The molecule has 0 aliphatic heterocycles. The average Bonchev–Trinajstić information content (AvgIpc) is 2.98. The maximum absolute atomic E-state index is 12.5. The number of fused-ring (bicyclic) bond motifs is 1. The van der Waals surface area contributed by atoms with Gasteiger partial charge in [-0.05, 0) is 37.3 Å². The third-order valence-electron chi connectivity index (χ3n) is 3.68. The number of anilines is 1. The van der Waals surface area contributed by atoms with E-state index in [9.17, 15) is 4.79 Å². The van der Waals surface area contributed by atoms with Crippen molar-refractivity contribution in [1.82, 2.24) is 4.98 Å². The van der Waals surface area contributed by atoms with Gasteiger partial charge in [0.1, 0.15) is 17.2 Å². The molecule has 0 radical (unpaired) electrons. The summed E-state index contributed by atoms with van der Waals surface area (Å²) in [7, 11) is 3.13. The van der Waals surface area contributed by atoms with Gasteiger partial charge >= 0.3 is 0 Å². The number of aromatic nitrogens is 1. The van der Waals surface area contributed by atoms with Crippen LogP contribution < -0.4 is 14.8 Å². The largest absolute Gasteiger partial charge is 0.497 e. The van der Waals surface area contributed by atoms with Crippen LogP contribution in [0.15, 0.2) is 42.5 Å². The van der Waals surface area contributed by atoms with Gasteiger partial charge in [-0.2, -0.15) is 0 Å². The summed E-state index contributed by atoms with van der Waals surface area (Å²) in [5.41, 5.74) is 3.18. The highest BCUT2D eigenvalue weighted by molar-refractivity contribution is 6.06. The molecule has 0 saturated carbocycles. The van der Waals surface area contributed by atoms with E-state index < -0.39 is 0 Å². The number of H-pyrrole nitrogens is 1. The first-order valence-electron chi connectivity index (χ1n) is 7.23. The van der Waals surface area contributed by atoms with E-state index in [2.05, 4.69) is 10.3 Å². The van der Waals surface area contributed by atoms with E-state index in [1.54, 1.807) is 32.4 Å². The van der Waals surface area contributed by atoms with Gasteiger partial charge in [0.15, 0.2) is 0 Å². The number of hydrogen-bond acceptors (Lipinski definition) is 3. The Morgan fingerprint density at radius 3 is 2.61 bits per heavy atom. The number of carbonyl (C=O) groups is 1. The van der Waals surface area contributed by atoms with Crippen LogP contribution in [0, 0.1) is 6.92 Å². The zero-order valence-corrected chi connectivity index (χ0v) is 13.3. The molecule has 2 N–H and O–H groups in total. The molecule has 23 heavy (non-hydrogen) atoms. The lowest BCUT2D eigenvalue weighted by Gasteiger charge is -2.11. The lowest BCUT2D eigenvalue weighted by atomic mass is 10.2. The van der Waals surface area contributed by atoms with E-state index in [0.29, 0.717) is 22.9 Å². The van der Waals surface area contributed by atoms with Crippen LogP contribution in [0.2, 0.25) is 0 Å². The van der Waals surface area contributed by atoms with Gasteiger partial charge in [0.2, 0.25) is 0 Å². The third kappa shape index (κ3) is 2.99. The lowest BCUT2D eigenvalue weighted by molar-refractivity contribution is 0.102. The van der Waals surface area contributed by atoms with Gasteiger partial charge in [-0.1, -0.05) is 11.6 Å². The Kier molecular flexibility index (Phi) is 3.93. The molecule has 3 rings (SSSR count). The van der Waals surface area contributed by atoms with Crippen molar-refractivity contribution in [2.24, 2.45) is 0 Å². The molecule has 1 heterocycles. The number of methoxy groups -OCH3 is 2. The van der Waals surface area contributed by atoms with E-state index in [1.807, 2.05) is 31.2 Å². The van der Waals surface area contributed by atoms with Crippen LogP contribution in [0.25, 0.3) is 10.9 Å². The fourth-order valence-electron chi connectivity index (χ4n) is 2.47. The van der Waals surface area contributed by atoms with Gasteiger partial charge in [0.25, 0.3) is 5.91 Å². The van der Waals surface area contributed by atoms with Crippen molar-refractivity contribution < 1.29 is 14.3 Å². The van der Waals surface area contributed by atoms with Gasteiger partial charge in [0.05, 0.1) is 19.9 Å². The van der Waals surface area contributed by atoms with E-state index in [1.165, 1.54) is 0 Å². The van der Waals surface area contributed by atoms with Crippen molar-refractivity contribution >= 4 is 22.5 Å². The highest BCUT2D eigenvalue weighted by Crippen LogP contribution is 2.29. The standard InChI is InChI=1S/C18H18N2O3/c1-11-4-6-14-12(8-11)9-16(19-14)18(21)20-15-7-5-13(22-2)10-17(15)23-3/h4-10,19H,1-3H3,(H,20,21). The van der Waals surface area contributed by atoms with Crippen LogP contribution in [-0.2, 0) is 0 Å². The fraction of sp³-hybridized carbons (Fsp3) is 0.167. The Balaban J connectivity index is 1.88. The molecule has 0 fully saturated rings. The second kappa shape index (κ2) is 6.04. The van der Waals surface area contributed by atoms with Gasteiger partial charge in [-0.15, -0.1) is 0 Å². The lowest BCUT2D eigenvalue weighted by Crippen LogP contribution is -2.13. The van der Waals surface area contributed by atoms with Gasteiger partial charge in [-0.25, -0.2) is 0 Å². The van der Waals surface area contributed by atoms with E-state index in [0.717, 1.165) is 16.5 Å². The number of hydrogen-bond donors (Lipinski definition) is 2. The Labute approximate surface area is 134 Å². The minimum absolute atomic E-state index is 0.220. The zero-order valence-electron chi connectivity index (χ0n) is 13.3. The molecule has 0 spiro atoms. The molecule has 0 aliphatic carbocycles. The molecule has 0 saturated heterocycles. The molecule has 5 heteroatoms. The maximum atomic E-state index is 12.5. The summed E-state index contributed by atoms with van der Waals surface area (Å²) in [4.78, 5) is 15.6. The summed E-state index contributed by atoms with van der Waals surface area (Å²) < 4.78 is 10.4. The minimum atomic E-state index is -0.220. The topological polar surface area (TPSA) is 63.3 Å². The highest BCUT2D eigenvalue weighted by Gasteiger charge is 2.13. The van der Waals surface area contributed by atoms with Crippen molar-refractivity contribution in [1.29, 1.82) is 0 Å².